The van der Waals surface area contributed by atoms with Gasteiger partial charge in [-0.15, -0.1) is 0 Å². The minimum absolute atomic E-state index is 0.198. The van der Waals surface area contributed by atoms with Crippen LogP contribution in [-0.2, 0) is 17.7 Å². The lowest BCUT2D eigenvalue weighted by Crippen LogP contribution is -2.32. The zero-order chi connectivity index (χ0) is 15.8. The summed E-state index contributed by atoms with van der Waals surface area (Å²) in [6.07, 6.45) is 5.42. The highest BCUT2D eigenvalue weighted by Crippen LogP contribution is 2.32. The van der Waals surface area contributed by atoms with Gasteiger partial charge in [-0.3, -0.25) is 9.48 Å². The van der Waals surface area contributed by atoms with E-state index < -0.39 is 0 Å². The number of nitrogens with one attached hydrogen (secondary N) is 1. The van der Waals surface area contributed by atoms with E-state index in [9.17, 15) is 4.79 Å². The number of carbonyl (C=O) groups is 1. The Morgan fingerprint density at radius 3 is 3.09 bits per heavy atom. The highest BCUT2D eigenvalue weighted by Gasteiger charge is 2.28. The molecule has 2 aromatic rings. The Kier molecular flexibility index (Phi) is 3.65. The summed E-state index contributed by atoms with van der Waals surface area (Å²) in [7, 11) is 0. The summed E-state index contributed by atoms with van der Waals surface area (Å²) >= 11 is 0. The second kappa shape index (κ2) is 5.81. The second-order valence-corrected chi connectivity index (χ2v) is 6.35. The number of fused-ring (bicyclic) bond motifs is 1. The Morgan fingerprint density at radius 2 is 2.35 bits per heavy atom. The number of ether oxygens (including phenoxy) is 1. The van der Waals surface area contributed by atoms with Crippen LogP contribution in [0, 0.1) is 12.8 Å². The van der Waals surface area contributed by atoms with Crippen LogP contribution in [0.5, 0.6) is 0 Å². The fourth-order valence-electron chi connectivity index (χ4n) is 2.89. The van der Waals surface area contributed by atoms with E-state index in [1.165, 1.54) is 18.4 Å². The van der Waals surface area contributed by atoms with Crippen LogP contribution in [-0.4, -0.2) is 34.0 Å². The molecule has 7 heteroatoms. The predicted molar refractivity (Wildman–Crippen MR) is 80.9 cm³/mol. The van der Waals surface area contributed by atoms with Gasteiger partial charge in [0.1, 0.15) is 11.9 Å². The Hall–Kier alpha value is -2.15. The van der Waals surface area contributed by atoms with Crippen molar-refractivity contribution in [1.82, 2.24) is 20.3 Å². The molecule has 23 heavy (non-hydrogen) atoms. The summed E-state index contributed by atoms with van der Waals surface area (Å²) in [4.78, 5) is 12.1. The van der Waals surface area contributed by atoms with Gasteiger partial charge in [0.2, 0.25) is 0 Å². The molecule has 0 bridgehead atoms. The van der Waals surface area contributed by atoms with Gasteiger partial charge in [0.15, 0.2) is 5.69 Å². The maximum atomic E-state index is 12.1. The highest BCUT2D eigenvalue weighted by molar-refractivity contribution is 5.92. The summed E-state index contributed by atoms with van der Waals surface area (Å²) in [5.74, 6) is 1.14. The summed E-state index contributed by atoms with van der Waals surface area (Å²) in [6, 6.07) is 1.62. The molecule has 7 nitrogen and oxygen atoms in total. The summed E-state index contributed by atoms with van der Waals surface area (Å²) in [5, 5.41) is 11.2. The van der Waals surface area contributed by atoms with Crippen molar-refractivity contribution >= 4 is 5.91 Å². The molecule has 1 fully saturated rings. The van der Waals surface area contributed by atoms with Crippen molar-refractivity contribution in [2.75, 3.05) is 13.2 Å². The number of hydrogen-bond donors (Lipinski definition) is 1. The van der Waals surface area contributed by atoms with Gasteiger partial charge in [-0.1, -0.05) is 5.16 Å². The van der Waals surface area contributed by atoms with Crippen LogP contribution in [0.3, 0.4) is 0 Å². The van der Waals surface area contributed by atoms with E-state index in [0.29, 0.717) is 18.9 Å². The van der Waals surface area contributed by atoms with Crippen LogP contribution in [0.15, 0.2) is 16.8 Å². The summed E-state index contributed by atoms with van der Waals surface area (Å²) in [5.41, 5.74) is 2.47. The molecular weight excluding hydrogens is 296 g/mol. The molecule has 2 aliphatic rings. The van der Waals surface area contributed by atoms with Gasteiger partial charge in [0.05, 0.1) is 12.3 Å². The molecule has 1 N–H and O–H groups in total. The van der Waals surface area contributed by atoms with Gasteiger partial charge in [-0.05, 0) is 37.7 Å². The number of nitrogens with zero attached hydrogens (tertiary/aromatic N) is 3. The zero-order valence-corrected chi connectivity index (χ0v) is 13.1. The SMILES string of the molecule is Cc1cc(C(=O)NC[C@@H]2OCCc3cn(CC4CC4)nc32)no1. The molecule has 0 unspecified atom stereocenters. The van der Waals surface area contributed by atoms with E-state index in [4.69, 9.17) is 9.26 Å². The predicted octanol–water partition coefficient (Wildman–Crippen LogP) is 1.63. The Bertz CT molecular complexity index is 717. The van der Waals surface area contributed by atoms with Gasteiger partial charge in [0.25, 0.3) is 5.91 Å². The molecule has 0 saturated heterocycles. The minimum Gasteiger partial charge on any atom is -0.370 e. The first-order valence-electron chi connectivity index (χ1n) is 8.08. The van der Waals surface area contributed by atoms with E-state index in [1.807, 2.05) is 4.68 Å². The Labute approximate surface area is 134 Å². The molecule has 1 aliphatic carbocycles. The molecule has 2 aromatic heterocycles. The summed E-state index contributed by atoms with van der Waals surface area (Å²) < 4.78 is 12.8. The Balaban J connectivity index is 1.41. The second-order valence-electron chi connectivity index (χ2n) is 6.35. The number of aryl methyl sites for hydroxylation is 1. The third-order valence-corrected chi connectivity index (χ3v) is 4.32. The lowest BCUT2D eigenvalue weighted by atomic mass is 10.1. The molecule has 4 rings (SSSR count). The van der Waals surface area contributed by atoms with E-state index in [1.54, 1.807) is 13.0 Å². The topological polar surface area (TPSA) is 82.2 Å². The van der Waals surface area contributed by atoms with Gasteiger partial charge in [0, 0.05) is 25.4 Å². The molecular formula is C16H20N4O3. The average Bonchev–Trinajstić information content (AvgIpc) is 3.07. The first-order chi connectivity index (χ1) is 11.2. The normalized spacial score (nSPS) is 20.3. The third-order valence-electron chi connectivity index (χ3n) is 4.32. The largest absolute Gasteiger partial charge is 0.370 e. The van der Waals surface area contributed by atoms with Crippen LogP contribution < -0.4 is 5.32 Å². The summed E-state index contributed by atoms with van der Waals surface area (Å²) in [6.45, 7) is 3.79. The number of amides is 1. The standard InChI is InChI=1S/C16H20N4O3/c1-10-6-13(19-23-10)16(21)17-7-14-15-12(4-5-22-14)9-20(18-15)8-11-2-3-11/h6,9,11,14H,2-5,7-8H2,1H3,(H,17,21)/t14-/m0/s1. The average molecular weight is 316 g/mol. The molecule has 0 spiro atoms. The van der Waals surface area contributed by atoms with E-state index in [-0.39, 0.29) is 17.7 Å². The van der Waals surface area contributed by atoms with Crippen molar-refractivity contribution in [2.24, 2.45) is 5.92 Å². The lowest BCUT2D eigenvalue weighted by Gasteiger charge is -2.21. The van der Waals surface area contributed by atoms with Crippen molar-refractivity contribution in [3.8, 4) is 0 Å². The molecule has 1 atom stereocenters. The molecule has 1 saturated carbocycles. The molecule has 122 valence electrons. The number of aromatic nitrogens is 3. The molecule has 0 aromatic carbocycles. The highest BCUT2D eigenvalue weighted by atomic mass is 16.5. The first-order valence-corrected chi connectivity index (χ1v) is 8.08. The third kappa shape index (κ3) is 3.14. The quantitative estimate of drug-likeness (QED) is 0.906. The minimum atomic E-state index is -0.255. The van der Waals surface area contributed by atoms with E-state index in [0.717, 1.165) is 24.6 Å². The number of hydrogen-bond acceptors (Lipinski definition) is 5. The van der Waals surface area contributed by atoms with Crippen LogP contribution in [0.25, 0.3) is 0 Å². The monoisotopic (exact) mass is 316 g/mol. The van der Waals surface area contributed by atoms with Gasteiger partial charge >= 0.3 is 0 Å². The van der Waals surface area contributed by atoms with E-state index in [2.05, 4.69) is 21.8 Å². The van der Waals surface area contributed by atoms with Gasteiger partial charge < -0.3 is 14.6 Å². The van der Waals surface area contributed by atoms with Crippen LogP contribution >= 0.6 is 0 Å². The fraction of sp³-hybridized carbons (Fsp3) is 0.562. The van der Waals surface area contributed by atoms with Crippen molar-refractivity contribution < 1.29 is 14.1 Å². The molecule has 1 amide bonds. The fourth-order valence-corrected chi connectivity index (χ4v) is 2.89. The van der Waals surface area contributed by atoms with Crippen molar-refractivity contribution in [3.63, 3.8) is 0 Å². The van der Waals surface area contributed by atoms with Crippen molar-refractivity contribution in [3.05, 3.63) is 35.0 Å². The maximum absolute atomic E-state index is 12.1. The Morgan fingerprint density at radius 1 is 1.48 bits per heavy atom. The van der Waals surface area contributed by atoms with Crippen LogP contribution in [0.4, 0.5) is 0 Å². The molecule has 0 radical (unpaired) electrons. The number of rotatable bonds is 5. The number of carbonyl (C=O) groups excluding carboxylic acids is 1. The van der Waals surface area contributed by atoms with Gasteiger partial charge in [-0.25, -0.2) is 0 Å². The molecule has 1 aliphatic heterocycles. The maximum Gasteiger partial charge on any atom is 0.273 e. The smallest absolute Gasteiger partial charge is 0.273 e. The van der Waals surface area contributed by atoms with Crippen molar-refractivity contribution in [1.29, 1.82) is 0 Å². The molecule has 3 heterocycles. The lowest BCUT2D eigenvalue weighted by molar-refractivity contribution is 0.0382. The van der Waals surface area contributed by atoms with Crippen LogP contribution in [0.1, 0.15) is 46.5 Å². The van der Waals surface area contributed by atoms with E-state index >= 15 is 0 Å². The van der Waals surface area contributed by atoms with Crippen molar-refractivity contribution in [2.45, 2.75) is 38.8 Å². The van der Waals surface area contributed by atoms with Crippen LogP contribution in [0.2, 0.25) is 0 Å². The van der Waals surface area contributed by atoms with Gasteiger partial charge in [-0.2, -0.15) is 5.10 Å². The zero-order valence-electron chi connectivity index (χ0n) is 13.1. The first kappa shape index (κ1) is 14.4.